The minimum atomic E-state index is -4.76. The monoisotopic (exact) mass is 355 g/mol. The first-order chi connectivity index (χ1) is 9.10. The summed E-state index contributed by atoms with van der Waals surface area (Å²) in [6.07, 6.45) is -5.51. The first-order valence-corrected chi connectivity index (χ1v) is 6.32. The Morgan fingerprint density at radius 1 is 1.35 bits per heavy atom. The zero-order valence-corrected chi connectivity index (χ0v) is 12.6. The second kappa shape index (κ2) is 6.34. The smallest absolute Gasteiger partial charge is 0.481 e. The summed E-state index contributed by atoms with van der Waals surface area (Å²) in [5, 5.41) is 0. The molecule has 0 aliphatic heterocycles. The van der Waals surface area contributed by atoms with Crippen molar-refractivity contribution >= 4 is 21.8 Å². The molecule has 0 fully saturated rings. The Hall–Kier alpha value is -1.44. The molecule has 0 saturated heterocycles. The van der Waals surface area contributed by atoms with Gasteiger partial charge in [0.05, 0.1) is 4.47 Å². The maximum Gasteiger partial charge on any atom is 0.573 e. The minimum absolute atomic E-state index is 0.0804. The normalized spacial score (nSPS) is 12.8. The molecular weight excluding hydrogens is 343 g/mol. The molecule has 8 heteroatoms. The van der Waals surface area contributed by atoms with Crippen LogP contribution in [0, 0.1) is 0 Å². The van der Waals surface area contributed by atoms with Gasteiger partial charge in [0.2, 0.25) is 0 Å². The maximum atomic E-state index is 12.1. The summed E-state index contributed by atoms with van der Waals surface area (Å²) in [5.74, 6) is -0.373. The van der Waals surface area contributed by atoms with Crippen molar-refractivity contribution in [2.45, 2.75) is 19.4 Å². The lowest BCUT2D eigenvalue weighted by molar-refractivity contribution is -0.274. The predicted molar refractivity (Wildman–Crippen MR) is 69.6 cm³/mol. The SMILES string of the molecule is CC(Oc1ccc(OC(F)(F)F)c(Br)c1)C(=O)N(C)C. The van der Waals surface area contributed by atoms with Gasteiger partial charge in [-0.2, -0.15) is 0 Å². The first kappa shape index (κ1) is 16.6. The van der Waals surface area contributed by atoms with E-state index in [1.807, 2.05) is 0 Å². The molecule has 0 N–H and O–H groups in total. The van der Waals surface area contributed by atoms with Crippen LogP contribution in [0.4, 0.5) is 13.2 Å². The van der Waals surface area contributed by atoms with E-state index in [1.165, 1.54) is 17.0 Å². The molecule has 0 aromatic heterocycles. The van der Waals surface area contributed by atoms with Crippen molar-refractivity contribution in [2.75, 3.05) is 14.1 Å². The molecule has 1 rings (SSSR count). The van der Waals surface area contributed by atoms with Crippen LogP contribution in [0.25, 0.3) is 0 Å². The van der Waals surface area contributed by atoms with Gasteiger partial charge in [-0.3, -0.25) is 4.79 Å². The van der Waals surface area contributed by atoms with E-state index in [4.69, 9.17) is 4.74 Å². The molecule has 1 aromatic rings. The van der Waals surface area contributed by atoms with Gasteiger partial charge in [-0.1, -0.05) is 0 Å². The summed E-state index contributed by atoms with van der Waals surface area (Å²) in [6.45, 7) is 1.55. The van der Waals surface area contributed by atoms with Gasteiger partial charge in [-0.25, -0.2) is 0 Å². The summed E-state index contributed by atoms with van der Waals surface area (Å²) >= 11 is 2.96. The molecule has 1 atom stereocenters. The number of halogens is 4. The van der Waals surface area contributed by atoms with Gasteiger partial charge in [0.15, 0.2) is 6.10 Å². The van der Waals surface area contributed by atoms with E-state index in [0.717, 1.165) is 6.07 Å². The molecule has 0 aliphatic carbocycles. The van der Waals surface area contributed by atoms with Crippen molar-refractivity contribution in [3.05, 3.63) is 22.7 Å². The molecule has 0 radical (unpaired) electrons. The second-order valence-electron chi connectivity index (χ2n) is 4.13. The molecule has 112 valence electrons. The Morgan fingerprint density at radius 2 is 1.95 bits per heavy atom. The van der Waals surface area contributed by atoms with Gasteiger partial charge in [0, 0.05) is 14.1 Å². The van der Waals surface area contributed by atoms with Gasteiger partial charge in [-0.15, -0.1) is 13.2 Å². The van der Waals surface area contributed by atoms with Crippen molar-refractivity contribution < 1.29 is 27.4 Å². The van der Waals surface area contributed by atoms with Crippen LogP contribution in [0.15, 0.2) is 22.7 Å². The fourth-order valence-electron chi connectivity index (χ4n) is 1.38. The van der Waals surface area contributed by atoms with Crippen molar-refractivity contribution in [2.24, 2.45) is 0 Å². The van der Waals surface area contributed by atoms with E-state index in [-0.39, 0.29) is 21.9 Å². The number of carbonyl (C=O) groups excluding carboxylic acids is 1. The average molecular weight is 356 g/mol. The summed E-state index contributed by atoms with van der Waals surface area (Å²) in [6, 6.07) is 3.71. The van der Waals surface area contributed by atoms with Gasteiger partial charge in [0.1, 0.15) is 11.5 Å². The molecule has 20 heavy (non-hydrogen) atoms. The fourth-order valence-corrected chi connectivity index (χ4v) is 1.82. The Bertz CT molecular complexity index is 491. The summed E-state index contributed by atoms with van der Waals surface area (Å²) in [5.41, 5.74) is 0. The highest BCUT2D eigenvalue weighted by molar-refractivity contribution is 9.10. The van der Waals surface area contributed by atoms with Crippen LogP contribution >= 0.6 is 15.9 Å². The van der Waals surface area contributed by atoms with E-state index in [0.29, 0.717) is 0 Å². The molecule has 1 unspecified atom stereocenters. The molecular formula is C12H13BrF3NO3. The Balaban J connectivity index is 2.80. The third-order valence-electron chi connectivity index (χ3n) is 2.23. The Kier molecular flexibility index (Phi) is 5.27. The van der Waals surface area contributed by atoms with Crippen LogP contribution in [-0.4, -0.2) is 37.4 Å². The van der Waals surface area contributed by atoms with Crippen LogP contribution in [-0.2, 0) is 4.79 Å². The standard InChI is InChI=1S/C12H13BrF3NO3/c1-7(11(18)17(2)3)19-8-4-5-10(9(13)6-8)20-12(14,15)16/h4-7H,1-3H3. The zero-order valence-electron chi connectivity index (χ0n) is 11.0. The highest BCUT2D eigenvalue weighted by atomic mass is 79.9. The minimum Gasteiger partial charge on any atom is -0.481 e. The lowest BCUT2D eigenvalue weighted by Gasteiger charge is -2.19. The highest BCUT2D eigenvalue weighted by Gasteiger charge is 2.32. The van der Waals surface area contributed by atoms with E-state index in [1.54, 1.807) is 21.0 Å². The number of likely N-dealkylation sites (N-methyl/N-ethyl adjacent to an activating group) is 1. The van der Waals surface area contributed by atoms with Crippen LogP contribution in [0.2, 0.25) is 0 Å². The quantitative estimate of drug-likeness (QED) is 0.832. The van der Waals surface area contributed by atoms with Crippen LogP contribution < -0.4 is 9.47 Å². The van der Waals surface area contributed by atoms with Crippen LogP contribution in [0.1, 0.15) is 6.92 Å². The number of amides is 1. The van der Waals surface area contributed by atoms with Gasteiger partial charge in [-0.05, 0) is 41.1 Å². The van der Waals surface area contributed by atoms with E-state index < -0.39 is 12.5 Å². The second-order valence-corrected chi connectivity index (χ2v) is 4.99. The van der Waals surface area contributed by atoms with E-state index >= 15 is 0 Å². The third kappa shape index (κ3) is 4.92. The van der Waals surface area contributed by atoms with Crippen molar-refractivity contribution in [1.82, 2.24) is 4.90 Å². The lowest BCUT2D eigenvalue weighted by Crippen LogP contribution is -2.35. The fraction of sp³-hybridized carbons (Fsp3) is 0.417. The number of hydrogen-bond acceptors (Lipinski definition) is 3. The molecule has 0 spiro atoms. The van der Waals surface area contributed by atoms with Gasteiger partial charge in [0.25, 0.3) is 5.91 Å². The van der Waals surface area contributed by atoms with Crippen LogP contribution in [0.3, 0.4) is 0 Å². The number of nitrogens with zero attached hydrogens (tertiary/aromatic N) is 1. The largest absolute Gasteiger partial charge is 0.573 e. The number of hydrogen-bond donors (Lipinski definition) is 0. The molecule has 0 bridgehead atoms. The topological polar surface area (TPSA) is 38.8 Å². The summed E-state index contributed by atoms with van der Waals surface area (Å²) < 4.78 is 45.5. The molecule has 1 aromatic carbocycles. The third-order valence-corrected chi connectivity index (χ3v) is 2.85. The Morgan fingerprint density at radius 3 is 2.40 bits per heavy atom. The molecule has 0 saturated carbocycles. The van der Waals surface area contributed by atoms with Crippen molar-refractivity contribution in [3.8, 4) is 11.5 Å². The van der Waals surface area contributed by atoms with E-state index in [2.05, 4.69) is 20.7 Å². The predicted octanol–water partition coefficient (Wildman–Crippen LogP) is 3.20. The van der Waals surface area contributed by atoms with Gasteiger partial charge >= 0.3 is 6.36 Å². The number of benzene rings is 1. The Labute approximate surface area is 122 Å². The maximum absolute atomic E-state index is 12.1. The molecule has 0 aliphatic rings. The number of carbonyl (C=O) groups is 1. The number of rotatable bonds is 4. The summed E-state index contributed by atoms with van der Waals surface area (Å²) in [7, 11) is 3.16. The molecule has 1 amide bonds. The number of alkyl halides is 3. The molecule has 4 nitrogen and oxygen atoms in total. The number of ether oxygens (including phenoxy) is 2. The van der Waals surface area contributed by atoms with Crippen molar-refractivity contribution in [3.63, 3.8) is 0 Å². The highest BCUT2D eigenvalue weighted by Crippen LogP contribution is 2.33. The van der Waals surface area contributed by atoms with Crippen LogP contribution in [0.5, 0.6) is 11.5 Å². The van der Waals surface area contributed by atoms with Crippen molar-refractivity contribution in [1.29, 1.82) is 0 Å². The first-order valence-electron chi connectivity index (χ1n) is 5.53. The lowest BCUT2D eigenvalue weighted by atomic mass is 10.3. The summed E-state index contributed by atoms with van der Waals surface area (Å²) in [4.78, 5) is 13.0. The molecule has 0 heterocycles. The zero-order chi connectivity index (χ0) is 15.5. The van der Waals surface area contributed by atoms with E-state index in [9.17, 15) is 18.0 Å². The van der Waals surface area contributed by atoms with Gasteiger partial charge < -0.3 is 14.4 Å². The average Bonchev–Trinajstić information content (AvgIpc) is 2.30.